The third-order valence-corrected chi connectivity index (χ3v) is 5.19. The molecule has 2 saturated heterocycles. The molecule has 2 rings (SSSR count). The topological polar surface area (TPSA) is 44.5 Å². The highest BCUT2D eigenvalue weighted by Gasteiger charge is 2.41. The Labute approximate surface area is 109 Å². The SMILES string of the molecule is CCC(C)(N)COC1CCOC2(CCSC2)C1. The van der Waals surface area contributed by atoms with Gasteiger partial charge in [0.05, 0.1) is 18.3 Å². The molecule has 2 aliphatic rings. The lowest BCUT2D eigenvalue weighted by Crippen LogP contribution is -2.46. The van der Waals surface area contributed by atoms with Gasteiger partial charge in [-0.1, -0.05) is 6.92 Å². The first-order chi connectivity index (χ1) is 8.05. The Morgan fingerprint density at radius 1 is 1.59 bits per heavy atom. The lowest BCUT2D eigenvalue weighted by molar-refractivity contribution is -0.125. The lowest BCUT2D eigenvalue weighted by Gasteiger charge is -2.38. The minimum Gasteiger partial charge on any atom is -0.376 e. The van der Waals surface area contributed by atoms with Crippen LogP contribution in [0.2, 0.25) is 0 Å². The Hall–Kier alpha value is 0.230. The molecule has 0 amide bonds. The maximum absolute atomic E-state index is 6.12. The van der Waals surface area contributed by atoms with Crippen LogP contribution in [0.5, 0.6) is 0 Å². The van der Waals surface area contributed by atoms with E-state index in [2.05, 4.69) is 13.8 Å². The second kappa shape index (κ2) is 5.47. The molecule has 0 radical (unpaired) electrons. The second-order valence-corrected chi connectivity index (χ2v) is 6.87. The van der Waals surface area contributed by atoms with E-state index in [1.807, 2.05) is 11.8 Å². The molecule has 2 aliphatic heterocycles. The van der Waals surface area contributed by atoms with Gasteiger partial charge < -0.3 is 15.2 Å². The van der Waals surface area contributed by atoms with E-state index in [0.717, 1.165) is 31.6 Å². The van der Waals surface area contributed by atoms with Crippen molar-refractivity contribution in [1.29, 1.82) is 0 Å². The zero-order valence-electron chi connectivity index (χ0n) is 11.0. The summed E-state index contributed by atoms with van der Waals surface area (Å²) in [6.45, 7) is 5.69. The van der Waals surface area contributed by atoms with Gasteiger partial charge in [-0.15, -0.1) is 0 Å². The zero-order valence-corrected chi connectivity index (χ0v) is 11.9. The van der Waals surface area contributed by atoms with Crippen molar-refractivity contribution in [2.75, 3.05) is 24.7 Å². The summed E-state index contributed by atoms with van der Waals surface area (Å²) in [6.07, 6.45) is 4.56. The molecule has 3 atom stereocenters. The summed E-state index contributed by atoms with van der Waals surface area (Å²) in [7, 11) is 0. The summed E-state index contributed by atoms with van der Waals surface area (Å²) in [5.74, 6) is 2.37. The molecular weight excluding hydrogens is 234 g/mol. The van der Waals surface area contributed by atoms with Crippen LogP contribution in [0.1, 0.15) is 39.5 Å². The molecule has 2 heterocycles. The van der Waals surface area contributed by atoms with Crippen molar-refractivity contribution in [3.05, 3.63) is 0 Å². The fourth-order valence-electron chi connectivity index (χ4n) is 2.40. The third kappa shape index (κ3) is 3.60. The quantitative estimate of drug-likeness (QED) is 0.840. The van der Waals surface area contributed by atoms with Crippen molar-refractivity contribution >= 4 is 11.8 Å². The van der Waals surface area contributed by atoms with Crippen LogP contribution in [-0.4, -0.2) is 42.0 Å². The van der Waals surface area contributed by atoms with Crippen molar-refractivity contribution in [1.82, 2.24) is 0 Å². The highest BCUT2D eigenvalue weighted by atomic mass is 32.2. The number of ether oxygens (including phenoxy) is 2. The van der Waals surface area contributed by atoms with Crippen LogP contribution < -0.4 is 5.73 Å². The van der Waals surface area contributed by atoms with Gasteiger partial charge in [-0.3, -0.25) is 0 Å². The minimum absolute atomic E-state index is 0.116. The molecule has 17 heavy (non-hydrogen) atoms. The maximum Gasteiger partial charge on any atom is 0.0805 e. The average Bonchev–Trinajstić information content (AvgIpc) is 2.75. The van der Waals surface area contributed by atoms with Crippen molar-refractivity contribution in [3.8, 4) is 0 Å². The van der Waals surface area contributed by atoms with Crippen LogP contribution in [-0.2, 0) is 9.47 Å². The van der Waals surface area contributed by atoms with Crippen molar-refractivity contribution in [3.63, 3.8) is 0 Å². The predicted molar refractivity (Wildman–Crippen MR) is 72.5 cm³/mol. The van der Waals surface area contributed by atoms with E-state index < -0.39 is 0 Å². The van der Waals surface area contributed by atoms with Crippen LogP contribution >= 0.6 is 11.8 Å². The van der Waals surface area contributed by atoms with Gasteiger partial charge >= 0.3 is 0 Å². The second-order valence-electron chi connectivity index (χ2n) is 5.77. The van der Waals surface area contributed by atoms with Gasteiger partial charge in [-0.25, -0.2) is 0 Å². The van der Waals surface area contributed by atoms with E-state index in [9.17, 15) is 0 Å². The molecule has 2 fully saturated rings. The van der Waals surface area contributed by atoms with Crippen LogP contribution in [0.15, 0.2) is 0 Å². The molecule has 1 spiro atoms. The number of nitrogens with two attached hydrogens (primary N) is 1. The largest absolute Gasteiger partial charge is 0.376 e. The average molecular weight is 259 g/mol. The lowest BCUT2D eigenvalue weighted by atomic mass is 9.91. The molecule has 0 aromatic heterocycles. The molecular formula is C13H25NO2S. The third-order valence-electron chi connectivity index (χ3n) is 3.97. The Kier molecular flexibility index (Phi) is 4.40. The first-order valence-electron chi connectivity index (χ1n) is 6.67. The van der Waals surface area contributed by atoms with Crippen LogP contribution in [0.4, 0.5) is 0 Å². The van der Waals surface area contributed by atoms with E-state index >= 15 is 0 Å². The Morgan fingerprint density at radius 3 is 3.06 bits per heavy atom. The number of hydrogen-bond acceptors (Lipinski definition) is 4. The summed E-state index contributed by atoms with van der Waals surface area (Å²) >= 11 is 2.00. The van der Waals surface area contributed by atoms with Crippen molar-refractivity contribution < 1.29 is 9.47 Å². The van der Waals surface area contributed by atoms with Gasteiger partial charge in [0.25, 0.3) is 0 Å². The zero-order chi connectivity index (χ0) is 12.4. The van der Waals surface area contributed by atoms with E-state index in [0.29, 0.717) is 12.7 Å². The molecule has 0 bridgehead atoms. The standard InChI is InChI=1S/C13H25NO2S/c1-3-12(2,14)9-15-11-4-6-16-13(8-11)5-7-17-10-13/h11H,3-10,14H2,1-2H3. The minimum atomic E-state index is -0.185. The molecule has 3 unspecified atom stereocenters. The van der Waals surface area contributed by atoms with Crippen LogP contribution in [0.3, 0.4) is 0 Å². The fourth-order valence-corrected chi connectivity index (χ4v) is 3.78. The van der Waals surface area contributed by atoms with Gasteiger partial charge in [0.15, 0.2) is 0 Å². The predicted octanol–water partition coefficient (Wildman–Crippen LogP) is 2.19. The molecule has 0 saturated carbocycles. The molecule has 0 aromatic carbocycles. The Balaban J connectivity index is 1.81. The summed E-state index contributed by atoms with van der Waals surface area (Å²) < 4.78 is 12.0. The summed E-state index contributed by atoms with van der Waals surface area (Å²) in [4.78, 5) is 0. The van der Waals surface area contributed by atoms with Crippen molar-refractivity contribution in [2.24, 2.45) is 5.73 Å². The summed E-state index contributed by atoms with van der Waals surface area (Å²) in [6, 6.07) is 0. The van der Waals surface area contributed by atoms with Gasteiger partial charge in [0, 0.05) is 24.3 Å². The summed E-state index contributed by atoms with van der Waals surface area (Å²) in [5, 5.41) is 0. The number of rotatable bonds is 4. The Morgan fingerprint density at radius 2 is 2.41 bits per heavy atom. The molecule has 0 aromatic rings. The van der Waals surface area contributed by atoms with Crippen LogP contribution in [0, 0.1) is 0 Å². The molecule has 4 heteroatoms. The van der Waals surface area contributed by atoms with Gasteiger partial charge in [0.2, 0.25) is 0 Å². The monoisotopic (exact) mass is 259 g/mol. The van der Waals surface area contributed by atoms with Gasteiger partial charge in [0.1, 0.15) is 0 Å². The van der Waals surface area contributed by atoms with E-state index in [1.54, 1.807) is 0 Å². The normalized spacial score (nSPS) is 37.2. The highest BCUT2D eigenvalue weighted by Crippen LogP contribution is 2.39. The highest BCUT2D eigenvalue weighted by molar-refractivity contribution is 7.99. The summed E-state index contributed by atoms with van der Waals surface area (Å²) in [5.41, 5.74) is 6.05. The van der Waals surface area contributed by atoms with E-state index in [1.165, 1.54) is 12.2 Å². The maximum atomic E-state index is 6.12. The fraction of sp³-hybridized carbons (Fsp3) is 1.00. The van der Waals surface area contributed by atoms with Gasteiger partial charge in [-0.2, -0.15) is 11.8 Å². The number of thioether (sulfide) groups is 1. The smallest absolute Gasteiger partial charge is 0.0805 e. The number of hydrogen-bond donors (Lipinski definition) is 1. The first kappa shape index (κ1) is 13.7. The van der Waals surface area contributed by atoms with Crippen molar-refractivity contribution in [2.45, 2.75) is 56.8 Å². The molecule has 0 aliphatic carbocycles. The molecule has 2 N–H and O–H groups in total. The van der Waals surface area contributed by atoms with Gasteiger partial charge in [-0.05, 0) is 31.9 Å². The molecule has 100 valence electrons. The van der Waals surface area contributed by atoms with E-state index in [-0.39, 0.29) is 11.1 Å². The first-order valence-corrected chi connectivity index (χ1v) is 7.83. The Bertz CT molecular complexity index is 252. The van der Waals surface area contributed by atoms with Crippen LogP contribution in [0.25, 0.3) is 0 Å². The molecule has 3 nitrogen and oxygen atoms in total. The van der Waals surface area contributed by atoms with E-state index in [4.69, 9.17) is 15.2 Å².